The second-order valence-electron chi connectivity index (χ2n) is 4.35. The molecular weight excluding hydrogens is 266 g/mol. The van der Waals surface area contributed by atoms with E-state index in [0.717, 1.165) is 16.4 Å². The molecule has 3 amide bonds. The Morgan fingerprint density at radius 1 is 1.37 bits per heavy atom. The van der Waals surface area contributed by atoms with Gasteiger partial charge in [-0.25, -0.2) is 4.79 Å². The Morgan fingerprint density at radius 2 is 2.11 bits per heavy atom. The summed E-state index contributed by atoms with van der Waals surface area (Å²) < 4.78 is 0. The maximum absolute atomic E-state index is 11.7. The summed E-state index contributed by atoms with van der Waals surface area (Å²) in [5.74, 6) is -0.170. The molecule has 1 N–H and O–H groups in total. The van der Waals surface area contributed by atoms with Crippen LogP contribution in [0.25, 0.3) is 0 Å². The second-order valence-corrected chi connectivity index (χ2v) is 5.49. The van der Waals surface area contributed by atoms with Crippen molar-refractivity contribution in [2.75, 3.05) is 26.7 Å². The van der Waals surface area contributed by atoms with Crippen LogP contribution in [0.1, 0.15) is 16.9 Å². The molecule has 1 aliphatic rings. The van der Waals surface area contributed by atoms with E-state index in [0.29, 0.717) is 19.6 Å². The highest BCUT2D eigenvalue weighted by atomic mass is 32.1. The lowest BCUT2D eigenvalue weighted by atomic mass is 10.5. The highest BCUT2D eigenvalue weighted by Gasteiger charge is 2.26. The summed E-state index contributed by atoms with van der Waals surface area (Å²) in [6.45, 7) is 3.75. The van der Waals surface area contributed by atoms with Crippen LogP contribution in [0.2, 0.25) is 0 Å². The zero-order valence-corrected chi connectivity index (χ0v) is 11.9. The first-order chi connectivity index (χ1) is 9.10. The third-order valence-corrected chi connectivity index (χ3v) is 3.95. The minimum absolute atomic E-state index is 0.0978. The van der Waals surface area contributed by atoms with Crippen molar-refractivity contribution < 1.29 is 9.59 Å². The third-order valence-electron chi connectivity index (χ3n) is 2.88. The monoisotopic (exact) mass is 283 g/mol. The van der Waals surface area contributed by atoms with Crippen LogP contribution in [0.4, 0.5) is 4.79 Å². The van der Waals surface area contributed by atoms with Gasteiger partial charge in [-0.15, -0.1) is 10.2 Å². The molecule has 0 atom stereocenters. The summed E-state index contributed by atoms with van der Waals surface area (Å²) in [7, 11) is 1.73. The van der Waals surface area contributed by atoms with Crippen molar-refractivity contribution in [3.05, 3.63) is 10.0 Å². The zero-order chi connectivity index (χ0) is 13.8. The van der Waals surface area contributed by atoms with Crippen molar-refractivity contribution in [2.45, 2.75) is 19.9 Å². The van der Waals surface area contributed by atoms with Gasteiger partial charge in [-0.3, -0.25) is 4.79 Å². The van der Waals surface area contributed by atoms with Crippen LogP contribution >= 0.6 is 11.3 Å². The minimum atomic E-state index is -0.170. The topological polar surface area (TPSA) is 78.4 Å². The molecule has 104 valence electrons. The predicted molar refractivity (Wildman–Crippen MR) is 70.7 cm³/mol. The van der Waals surface area contributed by atoms with Crippen LogP contribution in [0.3, 0.4) is 0 Å². The maximum atomic E-state index is 11.7. The summed E-state index contributed by atoms with van der Waals surface area (Å²) in [6, 6.07) is -0.0978. The molecule has 1 fully saturated rings. The standard InChI is InChI=1S/C11H17N5O2S/c1-3-9-13-14-10(19-9)6-12-8(17)7-16-5-4-15(2)11(16)18/h3-7H2,1-2H3,(H,12,17). The lowest BCUT2D eigenvalue weighted by molar-refractivity contribution is -0.121. The number of likely N-dealkylation sites (N-methyl/N-ethyl adjacent to an activating group) is 1. The van der Waals surface area contributed by atoms with Gasteiger partial charge in [-0.2, -0.15) is 0 Å². The van der Waals surface area contributed by atoms with Crippen molar-refractivity contribution in [2.24, 2.45) is 0 Å². The summed E-state index contributed by atoms with van der Waals surface area (Å²) in [4.78, 5) is 26.5. The minimum Gasteiger partial charge on any atom is -0.348 e. The number of amides is 3. The average molecular weight is 283 g/mol. The first kappa shape index (κ1) is 13.7. The Bertz CT molecular complexity index is 475. The number of aryl methyl sites for hydroxylation is 1. The normalized spacial score (nSPS) is 15.2. The Morgan fingerprint density at radius 3 is 2.68 bits per heavy atom. The number of hydrogen-bond acceptors (Lipinski definition) is 5. The van der Waals surface area contributed by atoms with Gasteiger partial charge in [0.25, 0.3) is 0 Å². The number of nitrogens with zero attached hydrogens (tertiary/aromatic N) is 4. The number of carbonyl (C=O) groups is 2. The van der Waals surface area contributed by atoms with Gasteiger partial charge in [-0.1, -0.05) is 18.3 Å². The fourth-order valence-electron chi connectivity index (χ4n) is 1.76. The van der Waals surface area contributed by atoms with Gasteiger partial charge in [0.05, 0.1) is 6.54 Å². The molecule has 0 unspecified atom stereocenters. The highest BCUT2D eigenvalue weighted by Crippen LogP contribution is 2.09. The number of urea groups is 1. The summed E-state index contributed by atoms with van der Waals surface area (Å²) >= 11 is 1.49. The largest absolute Gasteiger partial charge is 0.348 e. The molecule has 0 spiro atoms. The molecule has 8 heteroatoms. The van der Waals surface area contributed by atoms with Gasteiger partial charge in [0.1, 0.15) is 16.6 Å². The van der Waals surface area contributed by atoms with E-state index in [2.05, 4.69) is 15.5 Å². The van der Waals surface area contributed by atoms with Crippen molar-refractivity contribution in [1.82, 2.24) is 25.3 Å². The Hall–Kier alpha value is -1.70. The Labute approximate surface area is 115 Å². The molecule has 1 aromatic heterocycles. The SMILES string of the molecule is CCc1nnc(CNC(=O)CN2CCN(C)C2=O)s1. The number of aromatic nitrogens is 2. The van der Waals surface area contributed by atoms with Crippen LogP contribution < -0.4 is 5.32 Å². The molecular formula is C11H17N5O2S. The number of rotatable bonds is 5. The van der Waals surface area contributed by atoms with E-state index in [1.165, 1.54) is 16.2 Å². The molecule has 0 saturated carbocycles. The van der Waals surface area contributed by atoms with E-state index in [9.17, 15) is 9.59 Å². The average Bonchev–Trinajstić information content (AvgIpc) is 2.98. The molecule has 2 heterocycles. The summed E-state index contributed by atoms with van der Waals surface area (Å²) in [6.07, 6.45) is 0.847. The van der Waals surface area contributed by atoms with Crippen molar-refractivity contribution in [3.8, 4) is 0 Å². The highest BCUT2D eigenvalue weighted by molar-refractivity contribution is 7.11. The summed E-state index contributed by atoms with van der Waals surface area (Å²) in [5.41, 5.74) is 0. The fraction of sp³-hybridized carbons (Fsp3) is 0.636. The summed E-state index contributed by atoms with van der Waals surface area (Å²) in [5, 5.41) is 12.5. The van der Waals surface area contributed by atoms with E-state index in [4.69, 9.17) is 0 Å². The van der Waals surface area contributed by atoms with Crippen LogP contribution in [-0.4, -0.2) is 58.6 Å². The molecule has 0 aliphatic carbocycles. The third kappa shape index (κ3) is 3.40. The van der Waals surface area contributed by atoms with E-state index < -0.39 is 0 Å². The zero-order valence-electron chi connectivity index (χ0n) is 11.0. The second kappa shape index (κ2) is 5.96. The number of carbonyl (C=O) groups excluding carboxylic acids is 2. The van der Waals surface area contributed by atoms with Crippen molar-refractivity contribution in [3.63, 3.8) is 0 Å². The molecule has 0 aromatic carbocycles. The molecule has 1 aliphatic heterocycles. The van der Waals surface area contributed by atoms with E-state index in [1.54, 1.807) is 11.9 Å². The number of nitrogens with one attached hydrogen (secondary N) is 1. The predicted octanol–water partition coefficient (Wildman–Crippen LogP) is 0.0841. The van der Waals surface area contributed by atoms with Gasteiger partial charge < -0.3 is 15.1 Å². The molecule has 0 bridgehead atoms. The van der Waals surface area contributed by atoms with Crippen LogP contribution in [0.15, 0.2) is 0 Å². The van der Waals surface area contributed by atoms with Crippen LogP contribution in [-0.2, 0) is 17.8 Å². The van der Waals surface area contributed by atoms with Crippen molar-refractivity contribution >= 4 is 23.3 Å². The van der Waals surface area contributed by atoms with Gasteiger partial charge in [0.2, 0.25) is 5.91 Å². The molecule has 0 radical (unpaired) electrons. The Balaban J connectivity index is 1.77. The molecule has 1 aromatic rings. The molecule has 19 heavy (non-hydrogen) atoms. The van der Waals surface area contributed by atoms with Crippen LogP contribution in [0.5, 0.6) is 0 Å². The van der Waals surface area contributed by atoms with Gasteiger partial charge in [0, 0.05) is 20.1 Å². The van der Waals surface area contributed by atoms with Gasteiger partial charge in [0.15, 0.2) is 0 Å². The first-order valence-electron chi connectivity index (χ1n) is 6.18. The molecule has 7 nitrogen and oxygen atoms in total. The van der Waals surface area contributed by atoms with Crippen molar-refractivity contribution in [1.29, 1.82) is 0 Å². The smallest absolute Gasteiger partial charge is 0.320 e. The quantitative estimate of drug-likeness (QED) is 0.830. The van der Waals surface area contributed by atoms with Gasteiger partial charge >= 0.3 is 6.03 Å². The maximum Gasteiger partial charge on any atom is 0.320 e. The van der Waals surface area contributed by atoms with Gasteiger partial charge in [-0.05, 0) is 6.42 Å². The van der Waals surface area contributed by atoms with Crippen LogP contribution in [0, 0.1) is 0 Å². The lowest BCUT2D eigenvalue weighted by Gasteiger charge is -2.14. The van der Waals surface area contributed by atoms with E-state index in [1.807, 2.05) is 6.92 Å². The Kier molecular flexibility index (Phi) is 4.31. The molecule has 2 rings (SSSR count). The van der Waals surface area contributed by atoms with E-state index in [-0.39, 0.29) is 18.5 Å². The lowest BCUT2D eigenvalue weighted by Crippen LogP contribution is -2.39. The fourth-order valence-corrected chi connectivity index (χ4v) is 2.48. The van der Waals surface area contributed by atoms with E-state index >= 15 is 0 Å². The number of hydrogen-bond donors (Lipinski definition) is 1. The first-order valence-corrected chi connectivity index (χ1v) is 6.99. The molecule has 1 saturated heterocycles.